The van der Waals surface area contributed by atoms with E-state index < -0.39 is 0 Å². The minimum Gasteiger partial charge on any atom is -0.399 e. The van der Waals surface area contributed by atoms with Gasteiger partial charge in [0.2, 0.25) is 0 Å². The predicted octanol–water partition coefficient (Wildman–Crippen LogP) is 1.09. The van der Waals surface area contributed by atoms with E-state index in [1.54, 1.807) is 0 Å². The molecule has 1 saturated heterocycles. The van der Waals surface area contributed by atoms with Gasteiger partial charge in [0, 0.05) is 6.42 Å². The molecule has 0 bridgehead atoms. The van der Waals surface area contributed by atoms with Crippen molar-refractivity contribution in [3.8, 4) is 0 Å². The Morgan fingerprint density at radius 2 is 1.67 bits per heavy atom. The fourth-order valence-corrected chi connectivity index (χ4v) is 2.21. The smallest absolute Gasteiger partial charge is 0.399 e. The van der Waals surface area contributed by atoms with Crippen molar-refractivity contribution in [1.82, 2.24) is 20.6 Å². The maximum atomic E-state index is 6.03. The summed E-state index contributed by atoms with van der Waals surface area (Å²) in [4.78, 5) is 0. The van der Waals surface area contributed by atoms with E-state index >= 15 is 0 Å². The first-order chi connectivity index (χ1) is 9.87. The number of nitrogens with zero attached hydrogens (tertiary/aromatic N) is 3. The van der Waals surface area contributed by atoms with Crippen molar-refractivity contribution in [1.29, 1.82) is 0 Å². The van der Waals surface area contributed by atoms with Crippen molar-refractivity contribution in [3.05, 3.63) is 35.7 Å². The van der Waals surface area contributed by atoms with Crippen LogP contribution >= 0.6 is 0 Å². The summed E-state index contributed by atoms with van der Waals surface area (Å²) in [5, 5.41) is 13.9. The number of H-pyrrole nitrogens is 1. The summed E-state index contributed by atoms with van der Waals surface area (Å²) >= 11 is 0. The molecule has 0 spiro atoms. The summed E-state index contributed by atoms with van der Waals surface area (Å²) in [6, 6.07) is 8.13. The maximum Gasteiger partial charge on any atom is 0.494 e. The van der Waals surface area contributed by atoms with Gasteiger partial charge in [-0.05, 0) is 38.7 Å². The van der Waals surface area contributed by atoms with E-state index in [1.165, 1.54) is 0 Å². The third-order valence-corrected chi connectivity index (χ3v) is 4.26. The van der Waals surface area contributed by atoms with Gasteiger partial charge in [-0.2, -0.15) is 5.21 Å². The Labute approximate surface area is 124 Å². The third kappa shape index (κ3) is 2.71. The van der Waals surface area contributed by atoms with Crippen molar-refractivity contribution in [2.24, 2.45) is 0 Å². The van der Waals surface area contributed by atoms with Crippen LogP contribution < -0.4 is 5.46 Å². The molecule has 3 rings (SSSR count). The number of hydrogen-bond acceptors (Lipinski definition) is 5. The lowest BCUT2D eigenvalue weighted by molar-refractivity contribution is 0.00578. The van der Waals surface area contributed by atoms with E-state index in [0.29, 0.717) is 12.2 Å². The Balaban J connectivity index is 1.73. The Kier molecular flexibility index (Phi) is 3.34. The van der Waals surface area contributed by atoms with Crippen molar-refractivity contribution >= 4 is 12.6 Å². The first-order valence-corrected chi connectivity index (χ1v) is 7.04. The number of nitrogens with one attached hydrogen (secondary N) is 1. The average molecular weight is 286 g/mol. The van der Waals surface area contributed by atoms with Crippen LogP contribution in [0.2, 0.25) is 0 Å². The van der Waals surface area contributed by atoms with Gasteiger partial charge in [-0.15, -0.1) is 10.2 Å². The van der Waals surface area contributed by atoms with Crippen molar-refractivity contribution in [2.75, 3.05) is 0 Å². The number of aromatic amines is 1. The highest BCUT2D eigenvalue weighted by molar-refractivity contribution is 6.62. The zero-order valence-corrected chi connectivity index (χ0v) is 12.8. The lowest BCUT2D eigenvalue weighted by Gasteiger charge is -2.32. The lowest BCUT2D eigenvalue weighted by Crippen LogP contribution is -2.41. The molecule has 0 saturated carbocycles. The molecule has 1 aliphatic heterocycles. The Morgan fingerprint density at radius 1 is 1.05 bits per heavy atom. The van der Waals surface area contributed by atoms with Gasteiger partial charge >= 0.3 is 7.12 Å². The second-order valence-electron chi connectivity index (χ2n) is 6.33. The van der Waals surface area contributed by atoms with Gasteiger partial charge in [-0.1, -0.05) is 29.5 Å². The second-order valence-corrected chi connectivity index (χ2v) is 6.33. The van der Waals surface area contributed by atoms with Crippen LogP contribution in [-0.2, 0) is 15.7 Å². The van der Waals surface area contributed by atoms with Crippen molar-refractivity contribution in [3.63, 3.8) is 0 Å². The number of hydrogen-bond donors (Lipinski definition) is 1. The highest BCUT2D eigenvalue weighted by Crippen LogP contribution is 2.36. The Hall–Kier alpha value is -1.73. The normalized spacial score (nSPS) is 19.9. The number of benzene rings is 1. The largest absolute Gasteiger partial charge is 0.494 e. The molecule has 0 atom stereocenters. The van der Waals surface area contributed by atoms with Gasteiger partial charge in [0.1, 0.15) is 0 Å². The van der Waals surface area contributed by atoms with Crippen LogP contribution in [0.5, 0.6) is 0 Å². The molecule has 1 N–H and O–H groups in total. The van der Waals surface area contributed by atoms with Crippen LogP contribution in [0.1, 0.15) is 39.1 Å². The fraction of sp³-hybridized carbons (Fsp3) is 0.500. The van der Waals surface area contributed by atoms with Gasteiger partial charge in [0.25, 0.3) is 0 Å². The Morgan fingerprint density at radius 3 is 2.19 bits per heavy atom. The lowest BCUT2D eigenvalue weighted by atomic mass is 9.79. The number of rotatable bonds is 3. The molecule has 0 aliphatic carbocycles. The molecule has 1 aromatic carbocycles. The third-order valence-electron chi connectivity index (χ3n) is 4.26. The number of tetrazole rings is 1. The minimum absolute atomic E-state index is 0.318. The molecule has 1 aliphatic rings. The van der Waals surface area contributed by atoms with Gasteiger partial charge in [0.15, 0.2) is 5.82 Å². The molecule has 1 fully saturated rings. The summed E-state index contributed by atoms with van der Waals surface area (Å²) in [5.74, 6) is 0.679. The number of aromatic nitrogens is 4. The summed E-state index contributed by atoms with van der Waals surface area (Å²) in [7, 11) is -0.325. The molecular formula is C14H19BN4O2. The summed E-state index contributed by atoms with van der Waals surface area (Å²) in [6.07, 6.45) is 0.653. The van der Waals surface area contributed by atoms with Crippen LogP contribution in [0.4, 0.5) is 0 Å². The summed E-state index contributed by atoms with van der Waals surface area (Å²) in [6.45, 7) is 8.21. The zero-order valence-electron chi connectivity index (χ0n) is 12.8. The van der Waals surface area contributed by atoms with Gasteiger partial charge in [-0.3, -0.25) is 0 Å². The molecule has 0 amide bonds. The Bertz CT molecular complexity index is 594. The molecule has 0 unspecified atom stereocenters. The highest BCUT2D eigenvalue weighted by Gasteiger charge is 2.51. The van der Waals surface area contributed by atoms with Crippen molar-refractivity contribution < 1.29 is 9.31 Å². The standard InChI is InChI=1S/C14H19BN4O2/c1-13(2)14(3,4)21-15(20-13)11-7-5-10(6-8-11)9-12-16-18-19-17-12/h5-8H,9H2,1-4H3,(H,16,17,18,19). The molecule has 2 aromatic rings. The molecule has 110 valence electrons. The minimum atomic E-state index is -0.325. The van der Waals surface area contributed by atoms with Crippen molar-refractivity contribution in [2.45, 2.75) is 45.3 Å². The van der Waals surface area contributed by atoms with E-state index in [0.717, 1.165) is 11.0 Å². The zero-order chi connectivity index (χ0) is 15.1. The monoisotopic (exact) mass is 286 g/mol. The topological polar surface area (TPSA) is 72.9 Å². The molecule has 21 heavy (non-hydrogen) atoms. The second kappa shape index (κ2) is 4.93. The van der Waals surface area contributed by atoms with Crippen LogP contribution in [0.15, 0.2) is 24.3 Å². The van der Waals surface area contributed by atoms with E-state index in [9.17, 15) is 0 Å². The first kappa shape index (κ1) is 14.2. The average Bonchev–Trinajstić information content (AvgIpc) is 2.97. The fourth-order valence-electron chi connectivity index (χ4n) is 2.21. The summed E-state index contributed by atoms with van der Waals surface area (Å²) in [5.41, 5.74) is 1.50. The van der Waals surface area contributed by atoms with Crippen LogP contribution in [-0.4, -0.2) is 38.9 Å². The maximum absolute atomic E-state index is 6.03. The molecule has 1 aromatic heterocycles. The van der Waals surface area contributed by atoms with E-state index in [4.69, 9.17) is 9.31 Å². The predicted molar refractivity (Wildman–Crippen MR) is 79.1 cm³/mol. The van der Waals surface area contributed by atoms with E-state index in [1.807, 2.05) is 24.3 Å². The van der Waals surface area contributed by atoms with Crippen LogP contribution in [0.25, 0.3) is 0 Å². The van der Waals surface area contributed by atoms with Gasteiger partial charge in [0.05, 0.1) is 11.2 Å². The molecular weight excluding hydrogens is 267 g/mol. The molecule has 7 heteroatoms. The quantitative estimate of drug-likeness (QED) is 0.855. The molecule has 6 nitrogen and oxygen atoms in total. The van der Waals surface area contributed by atoms with Crippen LogP contribution in [0.3, 0.4) is 0 Å². The SMILES string of the molecule is CC1(C)OB(c2ccc(Cc3nn[nH]n3)cc2)OC1(C)C. The van der Waals surface area contributed by atoms with E-state index in [2.05, 4.69) is 48.3 Å². The molecule has 0 radical (unpaired) electrons. The first-order valence-electron chi connectivity index (χ1n) is 7.04. The highest BCUT2D eigenvalue weighted by atomic mass is 16.7. The van der Waals surface area contributed by atoms with Crippen LogP contribution in [0, 0.1) is 0 Å². The molecule has 2 heterocycles. The van der Waals surface area contributed by atoms with E-state index in [-0.39, 0.29) is 18.3 Å². The summed E-state index contributed by atoms with van der Waals surface area (Å²) < 4.78 is 12.1. The van der Waals surface area contributed by atoms with Gasteiger partial charge in [-0.25, -0.2) is 0 Å². The van der Waals surface area contributed by atoms with Gasteiger partial charge < -0.3 is 9.31 Å².